The molecular formula is C16H26N2. The molecule has 1 fully saturated rings. The SMILES string of the molecule is CNCC1CCCCN1C(C)c1ccccc1C. The molecule has 0 bridgehead atoms. The summed E-state index contributed by atoms with van der Waals surface area (Å²) in [5.74, 6) is 0. The zero-order valence-corrected chi connectivity index (χ0v) is 11.9. The maximum Gasteiger partial charge on any atom is 0.0325 e. The van der Waals surface area contributed by atoms with Crippen molar-refractivity contribution in [2.45, 2.75) is 45.2 Å². The summed E-state index contributed by atoms with van der Waals surface area (Å²) >= 11 is 0. The zero-order valence-electron chi connectivity index (χ0n) is 11.9. The Morgan fingerprint density at radius 1 is 1.33 bits per heavy atom. The van der Waals surface area contributed by atoms with Gasteiger partial charge in [0.2, 0.25) is 0 Å². The minimum Gasteiger partial charge on any atom is -0.318 e. The van der Waals surface area contributed by atoms with Crippen molar-refractivity contribution in [2.24, 2.45) is 0 Å². The van der Waals surface area contributed by atoms with Crippen LogP contribution in [-0.4, -0.2) is 31.1 Å². The number of likely N-dealkylation sites (N-methyl/N-ethyl adjacent to an activating group) is 1. The van der Waals surface area contributed by atoms with E-state index in [-0.39, 0.29) is 0 Å². The number of likely N-dealkylation sites (tertiary alicyclic amines) is 1. The van der Waals surface area contributed by atoms with E-state index in [0.717, 1.165) is 6.54 Å². The molecule has 1 saturated heterocycles. The summed E-state index contributed by atoms with van der Waals surface area (Å²) in [6, 6.07) is 10.0. The molecule has 0 aliphatic carbocycles. The molecule has 2 unspecified atom stereocenters. The summed E-state index contributed by atoms with van der Waals surface area (Å²) < 4.78 is 0. The normalized spacial score (nSPS) is 22.9. The van der Waals surface area contributed by atoms with Gasteiger partial charge in [0.1, 0.15) is 0 Å². The van der Waals surface area contributed by atoms with Gasteiger partial charge in [0.25, 0.3) is 0 Å². The van der Waals surface area contributed by atoms with Gasteiger partial charge in [-0.25, -0.2) is 0 Å². The Morgan fingerprint density at radius 3 is 2.83 bits per heavy atom. The molecule has 1 heterocycles. The first-order chi connectivity index (χ1) is 8.74. The predicted octanol–water partition coefficient (Wildman–Crippen LogP) is 3.13. The van der Waals surface area contributed by atoms with E-state index in [1.54, 1.807) is 0 Å². The van der Waals surface area contributed by atoms with Crippen molar-refractivity contribution in [1.29, 1.82) is 0 Å². The van der Waals surface area contributed by atoms with E-state index < -0.39 is 0 Å². The van der Waals surface area contributed by atoms with Crippen LogP contribution in [-0.2, 0) is 0 Å². The van der Waals surface area contributed by atoms with Crippen LogP contribution in [0.15, 0.2) is 24.3 Å². The second kappa shape index (κ2) is 6.35. The van der Waals surface area contributed by atoms with Crippen LogP contribution in [0.3, 0.4) is 0 Å². The summed E-state index contributed by atoms with van der Waals surface area (Å²) in [7, 11) is 2.06. The third-order valence-corrected chi connectivity index (χ3v) is 4.25. The minimum atomic E-state index is 0.532. The maximum atomic E-state index is 3.35. The Labute approximate surface area is 111 Å². The number of hydrogen-bond acceptors (Lipinski definition) is 2. The summed E-state index contributed by atoms with van der Waals surface area (Å²) in [6.07, 6.45) is 4.05. The Kier molecular flexibility index (Phi) is 4.79. The number of nitrogens with one attached hydrogen (secondary N) is 1. The van der Waals surface area contributed by atoms with Gasteiger partial charge in [-0.15, -0.1) is 0 Å². The average molecular weight is 246 g/mol. The lowest BCUT2D eigenvalue weighted by Gasteiger charge is -2.40. The van der Waals surface area contributed by atoms with Gasteiger partial charge in [-0.1, -0.05) is 30.7 Å². The van der Waals surface area contributed by atoms with Gasteiger partial charge in [-0.2, -0.15) is 0 Å². The van der Waals surface area contributed by atoms with E-state index in [2.05, 4.69) is 55.4 Å². The smallest absolute Gasteiger partial charge is 0.0325 e. The molecule has 2 rings (SSSR count). The lowest BCUT2D eigenvalue weighted by molar-refractivity contribution is 0.103. The molecule has 1 aliphatic rings. The number of nitrogens with zero attached hydrogens (tertiary/aromatic N) is 1. The van der Waals surface area contributed by atoms with Crippen molar-refractivity contribution in [3.8, 4) is 0 Å². The first kappa shape index (κ1) is 13.6. The van der Waals surface area contributed by atoms with Gasteiger partial charge in [0, 0.05) is 18.6 Å². The fraction of sp³-hybridized carbons (Fsp3) is 0.625. The first-order valence-electron chi connectivity index (χ1n) is 7.20. The van der Waals surface area contributed by atoms with Crippen LogP contribution in [0.25, 0.3) is 0 Å². The standard InChI is InChI=1S/C16H26N2/c1-13-8-4-5-10-16(13)14(2)18-11-7-6-9-15(18)12-17-3/h4-5,8,10,14-15,17H,6-7,9,11-12H2,1-3H3. The molecule has 2 atom stereocenters. The van der Waals surface area contributed by atoms with Gasteiger partial charge in [0.05, 0.1) is 0 Å². The lowest BCUT2D eigenvalue weighted by atomic mass is 9.95. The number of rotatable bonds is 4. The number of hydrogen-bond donors (Lipinski definition) is 1. The fourth-order valence-electron chi connectivity index (χ4n) is 3.22. The van der Waals surface area contributed by atoms with E-state index >= 15 is 0 Å². The minimum absolute atomic E-state index is 0.532. The number of aryl methyl sites for hydroxylation is 1. The van der Waals surface area contributed by atoms with Gasteiger partial charge in [-0.3, -0.25) is 4.90 Å². The molecule has 1 aromatic carbocycles. The molecule has 0 spiro atoms. The van der Waals surface area contributed by atoms with Gasteiger partial charge < -0.3 is 5.32 Å². The second-order valence-electron chi connectivity index (χ2n) is 5.48. The van der Waals surface area contributed by atoms with Crippen molar-refractivity contribution >= 4 is 0 Å². The molecule has 18 heavy (non-hydrogen) atoms. The van der Waals surface area contributed by atoms with Crippen LogP contribution in [0.5, 0.6) is 0 Å². The Hall–Kier alpha value is -0.860. The van der Waals surface area contributed by atoms with Crippen LogP contribution in [0, 0.1) is 6.92 Å². The van der Waals surface area contributed by atoms with Gasteiger partial charge >= 0.3 is 0 Å². The van der Waals surface area contributed by atoms with E-state index in [9.17, 15) is 0 Å². The summed E-state index contributed by atoms with van der Waals surface area (Å²) in [5, 5.41) is 3.35. The Morgan fingerprint density at radius 2 is 2.11 bits per heavy atom. The molecule has 100 valence electrons. The van der Waals surface area contributed by atoms with Crippen LogP contribution in [0.1, 0.15) is 43.4 Å². The van der Waals surface area contributed by atoms with Crippen molar-refractivity contribution in [1.82, 2.24) is 10.2 Å². The van der Waals surface area contributed by atoms with Crippen LogP contribution < -0.4 is 5.32 Å². The molecule has 0 aromatic heterocycles. The third kappa shape index (κ3) is 2.93. The molecule has 0 radical (unpaired) electrons. The third-order valence-electron chi connectivity index (χ3n) is 4.25. The molecular weight excluding hydrogens is 220 g/mol. The fourth-order valence-corrected chi connectivity index (χ4v) is 3.22. The van der Waals surface area contributed by atoms with Crippen LogP contribution in [0.2, 0.25) is 0 Å². The Balaban J connectivity index is 2.15. The van der Waals surface area contributed by atoms with Gasteiger partial charge in [0.15, 0.2) is 0 Å². The maximum absolute atomic E-state index is 3.35. The quantitative estimate of drug-likeness (QED) is 0.878. The largest absolute Gasteiger partial charge is 0.318 e. The van der Waals surface area contributed by atoms with Crippen molar-refractivity contribution in [3.63, 3.8) is 0 Å². The molecule has 2 heteroatoms. The molecule has 2 nitrogen and oxygen atoms in total. The predicted molar refractivity (Wildman–Crippen MR) is 77.9 cm³/mol. The van der Waals surface area contributed by atoms with Crippen molar-refractivity contribution in [2.75, 3.05) is 20.1 Å². The second-order valence-corrected chi connectivity index (χ2v) is 5.48. The van der Waals surface area contributed by atoms with E-state index in [4.69, 9.17) is 0 Å². The highest BCUT2D eigenvalue weighted by Crippen LogP contribution is 2.29. The topological polar surface area (TPSA) is 15.3 Å². The monoisotopic (exact) mass is 246 g/mol. The van der Waals surface area contributed by atoms with Gasteiger partial charge in [-0.05, 0) is 51.4 Å². The van der Waals surface area contributed by atoms with Crippen molar-refractivity contribution < 1.29 is 0 Å². The number of piperidine rings is 1. The molecule has 1 N–H and O–H groups in total. The van der Waals surface area contributed by atoms with E-state index in [0.29, 0.717) is 12.1 Å². The molecule has 0 saturated carbocycles. The summed E-state index contributed by atoms with van der Waals surface area (Å²) in [5.41, 5.74) is 2.90. The zero-order chi connectivity index (χ0) is 13.0. The van der Waals surface area contributed by atoms with E-state index in [1.165, 1.54) is 36.9 Å². The summed E-state index contributed by atoms with van der Waals surface area (Å²) in [6.45, 7) is 6.93. The molecule has 0 amide bonds. The van der Waals surface area contributed by atoms with Crippen LogP contribution in [0.4, 0.5) is 0 Å². The molecule has 1 aromatic rings. The Bertz CT molecular complexity index is 373. The van der Waals surface area contributed by atoms with E-state index in [1.807, 2.05) is 0 Å². The van der Waals surface area contributed by atoms with Crippen LogP contribution >= 0.6 is 0 Å². The number of benzene rings is 1. The highest BCUT2D eigenvalue weighted by molar-refractivity contribution is 5.28. The highest BCUT2D eigenvalue weighted by atomic mass is 15.2. The molecule has 1 aliphatic heterocycles. The first-order valence-corrected chi connectivity index (χ1v) is 7.20. The van der Waals surface area contributed by atoms with Crippen molar-refractivity contribution in [3.05, 3.63) is 35.4 Å². The average Bonchev–Trinajstić information content (AvgIpc) is 2.40. The highest BCUT2D eigenvalue weighted by Gasteiger charge is 2.27. The lowest BCUT2D eigenvalue weighted by Crippen LogP contribution is -2.46. The summed E-state index contributed by atoms with van der Waals surface area (Å²) in [4.78, 5) is 2.68.